The number of hydrogen-bond donors (Lipinski definition) is 3. The minimum Gasteiger partial charge on any atom is -0.354 e. The number of hydrogen-bond acceptors (Lipinski definition) is 2. The van der Waals surface area contributed by atoms with E-state index < -0.39 is 0 Å². The van der Waals surface area contributed by atoms with Gasteiger partial charge in [0.2, 0.25) is 0 Å². The van der Waals surface area contributed by atoms with Crippen LogP contribution in [-0.4, -0.2) is 4.98 Å². The van der Waals surface area contributed by atoms with Crippen molar-refractivity contribution in [2.75, 3.05) is 10.9 Å². The van der Waals surface area contributed by atoms with Crippen molar-refractivity contribution >= 4 is 33.2 Å². The zero-order valence-electron chi connectivity index (χ0n) is 14.7. The Morgan fingerprint density at radius 3 is 2.00 bits per heavy atom. The van der Waals surface area contributed by atoms with Gasteiger partial charge >= 0.3 is 0 Å². The Morgan fingerprint density at radius 2 is 1.19 bits per heavy atom. The van der Waals surface area contributed by atoms with Crippen molar-refractivity contribution in [3.63, 3.8) is 0 Å². The van der Waals surface area contributed by atoms with Gasteiger partial charge < -0.3 is 15.8 Å². The molecule has 5 rings (SSSR count). The molecule has 0 amide bonds. The summed E-state index contributed by atoms with van der Waals surface area (Å²) in [5.74, 6) is 0. The molecule has 0 radical (unpaired) electrons. The summed E-state index contributed by atoms with van der Waals surface area (Å²) in [6, 6.07) is 33.5. The predicted octanol–water partition coefficient (Wildman–Crippen LogP) is 6.43. The monoisotopic (exact) mass is 349 g/mol. The van der Waals surface area contributed by atoms with Crippen LogP contribution in [0.2, 0.25) is 0 Å². The maximum atomic E-state index is 3.58. The number of aromatic nitrogens is 1. The van der Waals surface area contributed by atoms with Gasteiger partial charge in [-0.2, -0.15) is 0 Å². The third-order valence-electron chi connectivity index (χ3n) is 4.86. The average Bonchev–Trinajstić information content (AvgIpc) is 3.12. The molecule has 0 spiro atoms. The van der Waals surface area contributed by atoms with Crippen molar-refractivity contribution in [1.82, 2.24) is 4.98 Å². The fourth-order valence-electron chi connectivity index (χ4n) is 3.51. The molecule has 27 heavy (non-hydrogen) atoms. The third-order valence-corrected chi connectivity index (χ3v) is 4.86. The smallest absolute Gasteiger partial charge is 0.0544 e. The van der Waals surface area contributed by atoms with E-state index in [-0.39, 0.29) is 0 Å². The van der Waals surface area contributed by atoms with Gasteiger partial charge in [-0.15, -0.1) is 0 Å². The number of hydrazine groups is 1. The van der Waals surface area contributed by atoms with Crippen LogP contribution in [0.5, 0.6) is 0 Å². The van der Waals surface area contributed by atoms with E-state index in [4.69, 9.17) is 0 Å². The summed E-state index contributed by atoms with van der Waals surface area (Å²) in [5.41, 5.74) is 13.3. The molecule has 0 unspecified atom stereocenters. The lowest BCUT2D eigenvalue weighted by molar-refractivity contribution is 1.41. The summed E-state index contributed by atoms with van der Waals surface area (Å²) in [5, 5.41) is 2.52. The number of nitrogens with one attached hydrogen (secondary N) is 3. The summed E-state index contributed by atoms with van der Waals surface area (Å²) in [7, 11) is 0. The van der Waals surface area contributed by atoms with Crippen LogP contribution in [0.1, 0.15) is 0 Å². The van der Waals surface area contributed by atoms with Gasteiger partial charge in [0, 0.05) is 21.9 Å². The molecule has 0 aliphatic heterocycles. The second-order valence-corrected chi connectivity index (χ2v) is 6.59. The van der Waals surface area contributed by atoms with E-state index in [1.165, 1.54) is 32.9 Å². The number of aromatic amines is 1. The molecule has 1 aromatic heterocycles. The highest BCUT2D eigenvalue weighted by atomic mass is 15.4. The number of para-hydroxylation sites is 3. The van der Waals surface area contributed by atoms with Gasteiger partial charge in [-0.1, -0.05) is 66.7 Å². The third kappa shape index (κ3) is 2.89. The Morgan fingerprint density at radius 1 is 0.519 bits per heavy atom. The van der Waals surface area contributed by atoms with E-state index in [1.807, 2.05) is 30.3 Å². The number of anilines is 2. The van der Waals surface area contributed by atoms with Crippen LogP contribution in [-0.2, 0) is 0 Å². The van der Waals surface area contributed by atoms with Crippen molar-refractivity contribution < 1.29 is 0 Å². The Hall–Kier alpha value is -3.72. The quantitative estimate of drug-likeness (QED) is 0.327. The number of rotatable bonds is 4. The molecule has 0 fully saturated rings. The van der Waals surface area contributed by atoms with Gasteiger partial charge in [-0.3, -0.25) is 0 Å². The zero-order chi connectivity index (χ0) is 18.1. The summed E-state index contributed by atoms with van der Waals surface area (Å²) in [6.07, 6.45) is 0. The first-order valence-electron chi connectivity index (χ1n) is 9.05. The summed E-state index contributed by atoms with van der Waals surface area (Å²) < 4.78 is 0. The van der Waals surface area contributed by atoms with Crippen molar-refractivity contribution in [1.29, 1.82) is 0 Å². The molecule has 1 heterocycles. The molecule has 0 atom stereocenters. The van der Waals surface area contributed by atoms with Crippen molar-refractivity contribution in [3.8, 4) is 11.1 Å². The standard InChI is InChI=1S/C24H19N3/c1-2-7-18(8-3-1)26-27-19-15-13-17(14-16-19)20-10-6-11-22-21-9-4-5-12-23(21)25-24(20)22/h1-16,25-27H. The topological polar surface area (TPSA) is 39.8 Å². The average molecular weight is 349 g/mol. The van der Waals surface area contributed by atoms with Crippen LogP contribution in [0.4, 0.5) is 11.4 Å². The summed E-state index contributed by atoms with van der Waals surface area (Å²) in [6.45, 7) is 0. The van der Waals surface area contributed by atoms with Crippen LogP contribution in [0.3, 0.4) is 0 Å². The van der Waals surface area contributed by atoms with Crippen molar-refractivity contribution in [2.24, 2.45) is 0 Å². The Labute approximate surface area is 157 Å². The van der Waals surface area contributed by atoms with Gasteiger partial charge in [-0.25, -0.2) is 0 Å². The number of fused-ring (bicyclic) bond motifs is 3. The van der Waals surface area contributed by atoms with Crippen molar-refractivity contribution in [3.05, 3.63) is 97.1 Å². The molecule has 3 nitrogen and oxygen atoms in total. The fraction of sp³-hybridized carbons (Fsp3) is 0. The Balaban J connectivity index is 1.46. The maximum absolute atomic E-state index is 3.58. The molecule has 3 heteroatoms. The molecular formula is C24H19N3. The Bertz CT molecular complexity index is 1210. The fourth-order valence-corrected chi connectivity index (χ4v) is 3.51. The van der Waals surface area contributed by atoms with E-state index in [1.54, 1.807) is 0 Å². The molecule has 0 saturated carbocycles. The van der Waals surface area contributed by atoms with E-state index in [9.17, 15) is 0 Å². The molecule has 3 N–H and O–H groups in total. The van der Waals surface area contributed by atoms with E-state index in [0.717, 1.165) is 11.4 Å². The molecule has 0 aliphatic carbocycles. The highest BCUT2D eigenvalue weighted by molar-refractivity contribution is 6.11. The first-order chi connectivity index (χ1) is 13.4. The first kappa shape index (κ1) is 15.5. The normalized spacial score (nSPS) is 11.0. The molecule has 5 aromatic rings. The van der Waals surface area contributed by atoms with Gasteiger partial charge in [-0.05, 0) is 35.9 Å². The highest BCUT2D eigenvalue weighted by Crippen LogP contribution is 2.33. The predicted molar refractivity (Wildman–Crippen MR) is 115 cm³/mol. The van der Waals surface area contributed by atoms with Gasteiger partial charge in [0.05, 0.1) is 16.9 Å². The molecule has 4 aromatic carbocycles. The molecule has 0 saturated heterocycles. The van der Waals surface area contributed by atoms with Crippen LogP contribution >= 0.6 is 0 Å². The van der Waals surface area contributed by atoms with E-state index in [2.05, 4.69) is 82.6 Å². The summed E-state index contributed by atoms with van der Waals surface area (Å²) in [4.78, 5) is 3.58. The first-order valence-corrected chi connectivity index (χ1v) is 9.05. The molecule has 0 bridgehead atoms. The lowest BCUT2D eigenvalue weighted by Gasteiger charge is -2.10. The van der Waals surface area contributed by atoms with E-state index >= 15 is 0 Å². The maximum Gasteiger partial charge on any atom is 0.0544 e. The largest absolute Gasteiger partial charge is 0.354 e. The molecule has 0 aliphatic rings. The van der Waals surface area contributed by atoms with Crippen LogP contribution in [0, 0.1) is 0 Å². The highest BCUT2D eigenvalue weighted by Gasteiger charge is 2.09. The Kier molecular flexibility index (Phi) is 3.76. The zero-order valence-corrected chi connectivity index (χ0v) is 14.7. The minimum atomic E-state index is 1.02. The van der Waals surface area contributed by atoms with Gasteiger partial charge in [0.1, 0.15) is 0 Å². The minimum absolute atomic E-state index is 1.02. The van der Waals surface area contributed by atoms with Gasteiger partial charge in [0.25, 0.3) is 0 Å². The second-order valence-electron chi connectivity index (χ2n) is 6.59. The van der Waals surface area contributed by atoms with Crippen LogP contribution < -0.4 is 10.9 Å². The van der Waals surface area contributed by atoms with Crippen LogP contribution in [0.15, 0.2) is 97.1 Å². The van der Waals surface area contributed by atoms with E-state index in [0.29, 0.717) is 0 Å². The van der Waals surface area contributed by atoms with Crippen LogP contribution in [0.25, 0.3) is 32.9 Å². The SMILES string of the molecule is c1ccc(NNc2ccc(-c3cccc4c3[nH]c3ccccc34)cc2)cc1. The summed E-state index contributed by atoms with van der Waals surface area (Å²) >= 11 is 0. The van der Waals surface area contributed by atoms with Gasteiger partial charge in [0.15, 0.2) is 0 Å². The molecular weight excluding hydrogens is 330 g/mol. The lowest BCUT2D eigenvalue weighted by Crippen LogP contribution is -2.07. The number of benzene rings is 4. The van der Waals surface area contributed by atoms with Crippen molar-refractivity contribution in [2.45, 2.75) is 0 Å². The lowest BCUT2D eigenvalue weighted by atomic mass is 10.0. The number of H-pyrrole nitrogens is 1. The molecule has 130 valence electrons. The second kappa shape index (κ2) is 6.54.